The van der Waals surface area contributed by atoms with Gasteiger partial charge in [-0.1, -0.05) is 0 Å². The van der Waals surface area contributed by atoms with Crippen LogP contribution in [0, 0.1) is 10.1 Å². The van der Waals surface area contributed by atoms with Gasteiger partial charge in [0.25, 0.3) is 5.69 Å². The van der Waals surface area contributed by atoms with Crippen LogP contribution in [0.5, 0.6) is 11.5 Å². The molecule has 1 aliphatic heterocycles. The molecule has 1 aliphatic rings. The number of nitro groups is 1. The summed E-state index contributed by atoms with van der Waals surface area (Å²) in [6, 6.07) is 8.50. The van der Waals surface area contributed by atoms with Gasteiger partial charge in [0.2, 0.25) is 18.3 Å². The third kappa shape index (κ3) is 13.7. The summed E-state index contributed by atoms with van der Waals surface area (Å²) in [5, 5.41) is 16.0. The molecule has 304 valence electrons. The Labute approximate surface area is 319 Å². The lowest BCUT2D eigenvalue weighted by atomic mass is 9.97. The number of anilines is 1. The van der Waals surface area contributed by atoms with E-state index in [9.17, 15) is 43.7 Å². The van der Waals surface area contributed by atoms with Crippen LogP contribution in [-0.4, -0.2) is 96.9 Å². The Morgan fingerprint density at radius 3 is 2.04 bits per heavy atom. The van der Waals surface area contributed by atoms with Crippen LogP contribution >= 0.6 is 0 Å². The van der Waals surface area contributed by atoms with E-state index in [0.29, 0.717) is 0 Å². The molecule has 2 N–H and O–H groups in total. The van der Waals surface area contributed by atoms with Crippen molar-refractivity contribution in [1.29, 1.82) is 0 Å². The molecule has 0 aliphatic carbocycles. The zero-order valence-corrected chi connectivity index (χ0v) is 31.3. The van der Waals surface area contributed by atoms with Crippen molar-refractivity contribution in [1.82, 2.24) is 5.32 Å². The van der Waals surface area contributed by atoms with E-state index in [1.807, 2.05) is 0 Å². The number of nitrogens with one attached hydrogen (secondary N) is 2. The van der Waals surface area contributed by atoms with E-state index in [0.717, 1.165) is 52.1 Å². The van der Waals surface area contributed by atoms with E-state index in [4.69, 9.17) is 42.6 Å². The predicted octanol–water partition coefficient (Wildman–Crippen LogP) is 3.24. The van der Waals surface area contributed by atoms with Gasteiger partial charge in [-0.05, 0) is 51.1 Å². The average Bonchev–Trinajstić information content (AvgIpc) is 3.09. The number of carbonyl (C=O) groups excluding carboxylic acids is 7. The molecule has 21 nitrogen and oxygen atoms in total. The molecule has 0 spiro atoms. The zero-order valence-electron chi connectivity index (χ0n) is 31.3. The minimum absolute atomic E-state index is 0.0151. The highest BCUT2D eigenvalue weighted by Gasteiger charge is 2.56. The number of rotatable bonds is 14. The average molecular weight is 792 g/mol. The monoisotopic (exact) mass is 791 g/mol. The summed E-state index contributed by atoms with van der Waals surface area (Å²) in [5.41, 5.74) is -0.854. The molecule has 0 radical (unpaired) electrons. The number of esters is 4. The fourth-order valence-electron chi connectivity index (χ4n) is 4.90. The Morgan fingerprint density at radius 1 is 0.857 bits per heavy atom. The highest BCUT2D eigenvalue weighted by Crippen LogP contribution is 2.33. The lowest BCUT2D eigenvalue weighted by molar-refractivity contribution is -0.384. The molecule has 0 saturated carbocycles. The van der Waals surface area contributed by atoms with E-state index >= 15 is 0 Å². The van der Waals surface area contributed by atoms with Crippen molar-refractivity contribution < 1.29 is 81.1 Å². The van der Waals surface area contributed by atoms with Crippen LogP contribution in [0.4, 0.5) is 21.0 Å². The van der Waals surface area contributed by atoms with Crippen molar-refractivity contribution in [3.8, 4) is 11.5 Å². The molecule has 3 rings (SSSR count). The summed E-state index contributed by atoms with van der Waals surface area (Å²) in [7, 11) is 1.01. The maximum absolute atomic E-state index is 12.9. The molecular weight excluding hydrogens is 750 g/mol. The minimum atomic E-state index is -1.79. The van der Waals surface area contributed by atoms with Crippen molar-refractivity contribution in [2.24, 2.45) is 0 Å². The van der Waals surface area contributed by atoms with Crippen LogP contribution in [0.2, 0.25) is 0 Å². The molecule has 21 heteroatoms. The quantitative estimate of drug-likeness (QED) is 0.0914. The number of nitro benzene ring substituents is 1. The molecule has 56 heavy (non-hydrogen) atoms. The minimum Gasteiger partial charge on any atom is -0.467 e. The Bertz CT molecular complexity index is 1790. The van der Waals surface area contributed by atoms with Gasteiger partial charge in [-0.15, -0.1) is 0 Å². The number of hydrogen-bond acceptors (Lipinski definition) is 18. The Hall–Kier alpha value is -6.51. The molecule has 0 aromatic heterocycles. The molecule has 1 saturated heterocycles. The third-order valence-corrected chi connectivity index (χ3v) is 7.04. The zero-order chi connectivity index (χ0) is 41.7. The number of benzene rings is 2. The Balaban J connectivity index is 1.95. The van der Waals surface area contributed by atoms with Gasteiger partial charge in [-0.2, -0.15) is 0 Å². The van der Waals surface area contributed by atoms with Gasteiger partial charge in [0.15, 0.2) is 18.3 Å². The van der Waals surface area contributed by atoms with Crippen molar-refractivity contribution in [2.45, 2.75) is 90.9 Å². The van der Waals surface area contributed by atoms with Crippen molar-refractivity contribution in [3.63, 3.8) is 0 Å². The van der Waals surface area contributed by atoms with Crippen LogP contribution in [-0.2, 0) is 63.7 Å². The number of non-ortho nitro benzene ring substituents is 1. The van der Waals surface area contributed by atoms with Crippen LogP contribution in [0.1, 0.15) is 53.5 Å². The first-order valence-electron chi connectivity index (χ1n) is 16.7. The van der Waals surface area contributed by atoms with Crippen LogP contribution in [0.15, 0.2) is 42.5 Å². The normalized spacial score (nSPS) is 18.9. The van der Waals surface area contributed by atoms with E-state index in [-0.39, 0.29) is 41.4 Å². The second-order valence-electron chi connectivity index (χ2n) is 12.7. The lowest BCUT2D eigenvalue weighted by Crippen LogP contribution is -2.64. The number of alkyl carbamates (subject to hydrolysis) is 1. The Kier molecular flexibility index (Phi) is 15.4. The van der Waals surface area contributed by atoms with Crippen LogP contribution in [0.25, 0.3) is 0 Å². The second-order valence-corrected chi connectivity index (χ2v) is 12.7. The van der Waals surface area contributed by atoms with Gasteiger partial charge in [-0.3, -0.25) is 29.3 Å². The van der Waals surface area contributed by atoms with E-state index in [2.05, 4.69) is 10.6 Å². The standard InChI is InChI=1S/C35H41N3O18/c1-18(39)50-27-28(51-19(2)40)30(52-20(3)41)32(55-29(27)31(43)48-7)54-25-13-8-22(37-26(42)14-15-36-33(44)56-35(4,5)6)16-21(25)17-49-34(45)53-24-11-9-23(10-12-24)38(46)47/h8-13,16,27-30,32H,14-15,17H2,1-7H3,(H,36,44)(H,37,42)/t27-,28-,29-,30+,32+/m0/s1. The lowest BCUT2D eigenvalue weighted by Gasteiger charge is -2.43. The maximum Gasteiger partial charge on any atom is 0.514 e. The molecular formula is C35H41N3O18. The molecule has 2 aromatic rings. The predicted molar refractivity (Wildman–Crippen MR) is 186 cm³/mol. The van der Waals surface area contributed by atoms with Gasteiger partial charge in [-0.25, -0.2) is 14.4 Å². The van der Waals surface area contributed by atoms with Crippen molar-refractivity contribution in [2.75, 3.05) is 19.0 Å². The summed E-state index contributed by atoms with van der Waals surface area (Å²) in [6.07, 6.45) is -10.8. The molecule has 0 unspecified atom stereocenters. The van der Waals surface area contributed by atoms with E-state index in [1.54, 1.807) is 20.8 Å². The summed E-state index contributed by atoms with van der Waals surface area (Å²) in [5.74, 6) is -4.63. The molecule has 2 aromatic carbocycles. The highest BCUT2D eigenvalue weighted by atomic mass is 16.7. The van der Waals surface area contributed by atoms with E-state index in [1.165, 1.54) is 18.2 Å². The number of nitrogens with zero attached hydrogens (tertiary/aromatic N) is 1. The van der Waals surface area contributed by atoms with Crippen molar-refractivity contribution >= 4 is 53.4 Å². The number of amides is 2. The van der Waals surface area contributed by atoms with Gasteiger partial charge >= 0.3 is 36.1 Å². The van der Waals surface area contributed by atoms with Gasteiger partial charge in [0.1, 0.15) is 23.7 Å². The van der Waals surface area contributed by atoms with Gasteiger partial charge in [0.05, 0.1) is 12.0 Å². The smallest absolute Gasteiger partial charge is 0.467 e. The SMILES string of the molecule is COC(=O)[C@H]1O[C@@H](Oc2ccc(NC(=O)CCNC(=O)OC(C)(C)C)cc2COC(=O)Oc2ccc([N+](=O)[O-])cc2)[C@H](OC(C)=O)[C@@H](OC(C)=O)[C@@H]1OC(C)=O. The first kappa shape index (κ1) is 43.9. The fourth-order valence-corrected chi connectivity index (χ4v) is 4.90. The molecule has 1 fully saturated rings. The fraction of sp³-hybridized carbons (Fsp3) is 0.457. The number of ether oxygens (including phenoxy) is 9. The number of carbonyl (C=O) groups is 7. The van der Waals surface area contributed by atoms with Crippen LogP contribution in [0.3, 0.4) is 0 Å². The second kappa shape index (κ2) is 19.7. The summed E-state index contributed by atoms with van der Waals surface area (Å²) in [4.78, 5) is 97.1. The summed E-state index contributed by atoms with van der Waals surface area (Å²) in [6.45, 7) is 7.37. The molecule has 5 atom stereocenters. The maximum atomic E-state index is 12.9. The summed E-state index contributed by atoms with van der Waals surface area (Å²) >= 11 is 0. The van der Waals surface area contributed by atoms with Gasteiger partial charge < -0.3 is 53.3 Å². The largest absolute Gasteiger partial charge is 0.514 e. The van der Waals surface area contributed by atoms with Gasteiger partial charge in [0, 0.05) is 57.1 Å². The first-order valence-corrected chi connectivity index (χ1v) is 16.7. The molecule has 1 heterocycles. The molecule has 0 bridgehead atoms. The summed E-state index contributed by atoms with van der Waals surface area (Å²) < 4.78 is 48.2. The van der Waals surface area contributed by atoms with E-state index < -0.39 is 89.9 Å². The number of methoxy groups -OCH3 is 1. The molecule has 2 amide bonds. The number of hydrogen-bond donors (Lipinski definition) is 2. The topological polar surface area (TPSA) is 270 Å². The van der Waals surface area contributed by atoms with Crippen molar-refractivity contribution in [3.05, 3.63) is 58.1 Å². The Morgan fingerprint density at radius 2 is 1.46 bits per heavy atom. The van der Waals surface area contributed by atoms with Crippen LogP contribution < -0.4 is 20.1 Å². The third-order valence-electron chi connectivity index (χ3n) is 7.04. The first-order chi connectivity index (χ1) is 26.3. The highest BCUT2D eigenvalue weighted by molar-refractivity contribution is 5.91.